The molecule has 0 saturated carbocycles. The molecule has 0 aromatic carbocycles. The summed E-state index contributed by atoms with van der Waals surface area (Å²) in [6.45, 7) is 2.43. The fourth-order valence-corrected chi connectivity index (χ4v) is 0.888. The van der Waals surface area contributed by atoms with Gasteiger partial charge in [-0.25, -0.2) is 0 Å². The van der Waals surface area contributed by atoms with Gasteiger partial charge in [0.25, 0.3) is 0 Å². The minimum Gasteiger partial charge on any atom is -1.00 e. The highest BCUT2D eigenvalue weighted by atomic mass is 79.9. The highest BCUT2D eigenvalue weighted by molar-refractivity contribution is 8.93. The zero-order chi connectivity index (χ0) is 8.04. The van der Waals surface area contributed by atoms with Crippen molar-refractivity contribution in [1.29, 1.82) is 0 Å². The third-order valence-corrected chi connectivity index (χ3v) is 1.51. The fraction of sp³-hybridized carbons (Fsp3) is 1.00. The largest absolute Gasteiger partial charge is 1.00 e. The second-order valence-electron chi connectivity index (χ2n) is 3.82. The summed E-state index contributed by atoms with van der Waals surface area (Å²) in [6, 6.07) is 0. The first-order valence-electron chi connectivity index (χ1n) is 4.01. The summed E-state index contributed by atoms with van der Waals surface area (Å²) in [5, 5.41) is 3.15. The summed E-state index contributed by atoms with van der Waals surface area (Å²) in [6.07, 6.45) is 2.62. The molecule has 0 bridgehead atoms. The monoisotopic (exact) mass is 304 g/mol. The van der Waals surface area contributed by atoms with Gasteiger partial charge in [0.05, 0.1) is 27.7 Å². The van der Waals surface area contributed by atoms with Crippen LogP contribution in [-0.2, 0) is 0 Å². The molecule has 4 heteroatoms. The van der Waals surface area contributed by atoms with Gasteiger partial charge in [-0.1, -0.05) is 0 Å². The number of quaternary nitrogens is 1. The van der Waals surface area contributed by atoms with Gasteiger partial charge in [0.2, 0.25) is 0 Å². The smallest absolute Gasteiger partial charge is 0.0780 e. The van der Waals surface area contributed by atoms with E-state index in [0.29, 0.717) is 0 Å². The first kappa shape index (κ1) is 18.6. The first-order valence-corrected chi connectivity index (χ1v) is 4.01. The normalized spacial score (nSPS) is 10.0. The molecule has 78 valence electrons. The molecule has 0 amide bonds. The van der Waals surface area contributed by atoms with E-state index in [9.17, 15) is 0 Å². The van der Waals surface area contributed by atoms with Crippen molar-refractivity contribution in [3.05, 3.63) is 0 Å². The molecular weight excluding hydrogens is 284 g/mol. The van der Waals surface area contributed by atoms with E-state index in [-0.39, 0.29) is 34.0 Å². The summed E-state index contributed by atoms with van der Waals surface area (Å²) < 4.78 is 1.09. The summed E-state index contributed by atoms with van der Waals surface area (Å²) in [7, 11) is 8.71. The average Bonchev–Trinajstić information content (AvgIpc) is 1.78. The lowest BCUT2D eigenvalue weighted by molar-refractivity contribution is -0.870. The number of halogens is 2. The third kappa shape index (κ3) is 17.1. The van der Waals surface area contributed by atoms with Crippen LogP contribution in [0.3, 0.4) is 0 Å². The quantitative estimate of drug-likeness (QED) is 0.470. The number of hydrogen-bond acceptors (Lipinski definition) is 1. The molecule has 12 heavy (non-hydrogen) atoms. The fourth-order valence-electron chi connectivity index (χ4n) is 0.888. The third-order valence-electron chi connectivity index (χ3n) is 1.51. The van der Waals surface area contributed by atoms with Crippen molar-refractivity contribution in [2.24, 2.45) is 0 Å². The van der Waals surface area contributed by atoms with Crippen LogP contribution in [0.5, 0.6) is 0 Å². The predicted octanol–water partition coefficient (Wildman–Crippen LogP) is -1.73. The van der Waals surface area contributed by atoms with Crippen LogP contribution in [0.2, 0.25) is 0 Å². The van der Waals surface area contributed by atoms with Crippen LogP contribution in [0.25, 0.3) is 0 Å². The Morgan fingerprint density at radius 3 is 1.92 bits per heavy atom. The van der Waals surface area contributed by atoms with Gasteiger partial charge in [0.15, 0.2) is 0 Å². The second kappa shape index (κ2) is 9.96. The molecule has 2 nitrogen and oxygen atoms in total. The minimum absolute atomic E-state index is 0. The van der Waals surface area contributed by atoms with Crippen LogP contribution >= 0.6 is 17.0 Å². The number of hydrogen-bond donors (Lipinski definition) is 1. The number of unbranched alkanes of at least 4 members (excludes halogenated alkanes) is 1. The van der Waals surface area contributed by atoms with Crippen LogP contribution in [0, 0.1) is 0 Å². The highest BCUT2D eigenvalue weighted by Crippen LogP contribution is 1.95. The molecule has 0 saturated heterocycles. The van der Waals surface area contributed by atoms with E-state index in [1.807, 2.05) is 7.05 Å². The van der Waals surface area contributed by atoms with Gasteiger partial charge in [-0.05, 0) is 26.4 Å². The molecule has 0 rings (SSSR count). The zero-order valence-electron chi connectivity index (χ0n) is 8.56. The van der Waals surface area contributed by atoms with Crippen LogP contribution < -0.4 is 22.3 Å². The number of nitrogens with one attached hydrogen (secondary N) is 1. The van der Waals surface area contributed by atoms with E-state index in [1.54, 1.807) is 0 Å². The Labute approximate surface area is 97.8 Å². The number of rotatable bonds is 5. The summed E-state index contributed by atoms with van der Waals surface area (Å²) in [5.41, 5.74) is 0. The van der Waals surface area contributed by atoms with Crippen molar-refractivity contribution in [2.75, 3.05) is 41.3 Å². The molecule has 0 aliphatic heterocycles. The second-order valence-corrected chi connectivity index (χ2v) is 3.82. The van der Waals surface area contributed by atoms with Gasteiger partial charge in [0, 0.05) is 0 Å². The van der Waals surface area contributed by atoms with Gasteiger partial charge in [0.1, 0.15) is 0 Å². The van der Waals surface area contributed by atoms with Crippen molar-refractivity contribution in [3.63, 3.8) is 0 Å². The molecule has 0 aliphatic carbocycles. The Morgan fingerprint density at radius 2 is 1.58 bits per heavy atom. The molecule has 0 aliphatic rings. The lowest BCUT2D eigenvalue weighted by atomic mass is 10.3. The Kier molecular flexibility index (Phi) is 15.5. The molecule has 0 unspecified atom stereocenters. The van der Waals surface area contributed by atoms with Gasteiger partial charge < -0.3 is 26.8 Å². The molecule has 0 radical (unpaired) electrons. The maximum atomic E-state index is 3.15. The van der Waals surface area contributed by atoms with Crippen molar-refractivity contribution >= 4 is 17.0 Å². The molecule has 0 aromatic rings. The highest BCUT2D eigenvalue weighted by Gasteiger charge is 2.04. The lowest BCUT2D eigenvalue weighted by Gasteiger charge is -2.23. The Morgan fingerprint density at radius 1 is 1.08 bits per heavy atom. The Balaban J connectivity index is -0.000000405. The van der Waals surface area contributed by atoms with Crippen molar-refractivity contribution in [2.45, 2.75) is 12.8 Å². The van der Waals surface area contributed by atoms with E-state index in [2.05, 4.69) is 26.5 Å². The summed E-state index contributed by atoms with van der Waals surface area (Å²) in [4.78, 5) is 0. The van der Waals surface area contributed by atoms with E-state index >= 15 is 0 Å². The average molecular weight is 306 g/mol. The molecule has 0 fully saturated rings. The predicted molar refractivity (Wildman–Crippen MR) is 56.4 cm³/mol. The van der Waals surface area contributed by atoms with Gasteiger partial charge >= 0.3 is 0 Å². The standard InChI is InChI=1S/C8H21N2.2BrH/c1-9-7-5-6-8-10(2,3)4;;/h9H,5-8H2,1-4H3;2*1H/q+1;;/p-1. The van der Waals surface area contributed by atoms with Gasteiger partial charge in [-0.15, -0.1) is 17.0 Å². The first-order chi connectivity index (χ1) is 4.56. The lowest BCUT2D eigenvalue weighted by Crippen LogP contribution is -3.00. The molecule has 0 atom stereocenters. The van der Waals surface area contributed by atoms with Crippen molar-refractivity contribution < 1.29 is 21.5 Å². The molecular formula is C8H22Br2N2. The number of nitrogens with zero attached hydrogens (tertiary/aromatic N) is 1. The van der Waals surface area contributed by atoms with Crippen molar-refractivity contribution in [1.82, 2.24) is 5.32 Å². The van der Waals surface area contributed by atoms with Crippen LogP contribution in [0.4, 0.5) is 0 Å². The van der Waals surface area contributed by atoms with Crippen LogP contribution in [-0.4, -0.2) is 45.8 Å². The van der Waals surface area contributed by atoms with E-state index in [4.69, 9.17) is 0 Å². The molecule has 0 aromatic heterocycles. The van der Waals surface area contributed by atoms with Crippen molar-refractivity contribution in [3.8, 4) is 0 Å². The van der Waals surface area contributed by atoms with E-state index < -0.39 is 0 Å². The summed E-state index contributed by atoms with van der Waals surface area (Å²) in [5.74, 6) is 0. The maximum absolute atomic E-state index is 3.15. The summed E-state index contributed by atoms with van der Waals surface area (Å²) >= 11 is 0. The van der Waals surface area contributed by atoms with Gasteiger partial charge in [-0.3, -0.25) is 0 Å². The van der Waals surface area contributed by atoms with E-state index in [0.717, 1.165) is 11.0 Å². The van der Waals surface area contributed by atoms with E-state index in [1.165, 1.54) is 19.4 Å². The SMILES string of the molecule is Br.CNCCCC[N+](C)(C)C.[Br-]. The van der Waals surface area contributed by atoms with Crippen LogP contribution in [0.15, 0.2) is 0 Å². The molecule has 0 heterocycles. The van der Waals surface area contributed by atoms with Gasteiger partial charge in [-0.2, -0.15) is 0 Å². The minimum atomic E-state index is 0. The molecule has 1 N–H and O–H groups in total. The van der Waals surface area contributed by atoms with Crippen LogP contribution in [0.1, 0.15) is 12.8 Å². The molecule has 0 spiro atoms. The topological polar surface area (TPSA) is 12.0 Å². The zero-order valence-corrected chi connectivity index (χ0v) is 11.9. The maximum Gasteiger partial charge on any atom is 0.0780 e. The Bertz CT molecular complexity index is 81.6. The Hall–Kier alpha value is 0.880.